The van der Waals surface area contributed by atoms with Crippen LogP contribution in [0.5, 0.6) is 0 Å². The van der Waals surface area contributed by atoms with Crippen LogP contribution in [0.2, 0.25) is 0 Å². The van der Waals surface area contributed by atoms with Gasteiger partial charge in [-0.1, -0.05) is 17.8 Å². The van der Waals surface area contributed by atoms with Crippen molar-refractivity contribution in [1.29, 1.82) is 0 Å². The maximum atomic E-state index is 11.2. The first-order valence-corrected chi connectivity index (χ1v) is 9.62. The summed E-state index contributed by atoms with van der Waals surface area (Å²) in [5.41, 5.74) is 5.89. The number of aliphatic hydroxyl groups is 1. The summed E-state index contributed by atoms with van der Waals surface area (Å²) in [5, 5.41) is 16.6. The molecular formula is C19H28N4O3S. The number of ether oxygens (including phenoxy) is 1. The minimum Gasteiger partial charge on any atom is -0.508 e. The Kier molecular flexibility index (Phi) is 7.15. The third kappa shape index (κ3) is 6.18. The van der Waals surface area contributed by atoms with Gasteiger partial charge >= 0.3 is 0 Å². The molecule has 0 saturated heterocycles. The predicted molar refractivity (Wildman–Crippen MR) is 110 cm³/mol. The van der Waals surface area contributed by atoms with E-state index in [1.807, 2.05) is 18.2 Å². The minimum atomic E-state index is -0.869. The Morgan fingerprint density at radius 2 is 2.19 bits per heavy atom. The molecule has 0 aliphatic heterocycles. The molecule has 1 unspecified atom stereocenters. The van der Waals surface area contributed by atoms with Crippen molar-refractivity contribution in [1.82, 2.24) is 5.32 Å². The van der Waals surface area contributed by atoms with Crippen molar-refractivity contribution in [2.24, 2.45) is 10.7 Å². The lowest BCUT2D eigenvalue weighted by Crippen LogP contribution is -2.47. The zero-order chi connectivity index (χ0) is 20.0. The van der Waals surface area contributed by atoms with E-state index in [1.165, 1.54) is 18.7 Å². The summed E-state index contributed by atoms with van der Waals surface area (Å²) < 4.78 is 5.33. The van der Waals surface area contributed by atoms with E-state index in [-0.39, 0.29) is 23.8 Å². The molecule has 8 heteroatoms. The van der Waals surface area contributed by atoms with Crippen LogP contribution in [-0.4, -0.2) is 41.0 Å². The molecule has 0 spiro atoms. The maximum Gasteiger partial charge on any atom is 0.221 e. The van der Waals surface area contributed by atoms with Crippen LogP contribution in [0, 0.1) is 0 Å². The van der Waals surface area contributed by atoms with Gasteiger partial charge in [0.2, 0.25) is 5.91 Å². The first-order chi connectivity index (χ1) is 12.7. The lowest BCUT2D eigenvalue weighted by Gasteiger charge is -2.35. The number of amides is 1. The van der Waals surface area contributed by atoms with Crippen LogP contribution in [-0.2, 0) is 9.53 Å². The largest absolute Gasteiger partial charge is 0.508 e. The molecule has 0 aromatic heterocycles. The number of methoxy groups -OCH3 is 1. The number of amidine groups is 1. The molecule has 5 N–H and O–H groups in total. The van der Waals surface area contributed by atoms with E-state index in [0.717, 1.165) is 17.7 Å². The molecule has 1 saturated carbocycles. The van der Waals surface area contributed by atoms with Crippen LogP contribution >= 0.6 is 11.8 Å². The molecule has 0 heterocycles. The number of aliphatic imine (C=N–C) groups is 1. The Labute approximate surface area is 164 Å². The number of anilines is 1. The molecule has 2 rings (SSSR count). The van der Waals surface area contributed by atoms with Gasteiger partial charge in [-0.25, -0.2) is 4.99 Å². The summed E-state index contributed by atoms with van der Waals surface area (Å²) in [6.07, 6.45) is 3.78. The molecule has 0 radical (unpaired) electrons. The molecule has 1 aliphatic rings. The predicted octanol–water partition coefficient (Wildman–Crippen LogP) is 3.00. The van der Waals surface area contributed by atoms with Crippen molar-refractivity contribution in [3.8, 4) is 0 Å². The lowest BCUT2D eigenvalue weighted by atomic mass is 9.89. The number of rotatable bonds is 7. The van der Waals surface area contributed by atoms with Gasteiger partial charge in [0.05, 0.1) is 12.1 Å². The highest BCUT2D eigenvalue weighted by Gasteiger charge is 2.30. The van der Waals surface area contributed by atoms with Gasteiger partial charge in [-0.05, 0) is 44.9 Å². The average Bonchev–Trinajstić information content (AvgIpc) is 2.53. The lowest BCUT2D eigenvalue weighted by molar-refractivity contribution is -0.114. The van der Waals surface area contributed by atoms with Crippen LogP contribution < -0.4 is 16.4 Å². The van der Waals surface area contributed by atoms with Gasteiger partial charge in [-0.3, -0.25) is 4.79 Å². The Hall–Kier alpha value is -2.19. The Balaban J connectivity index is 2.01. The zero-order valence-corrected chi connectivity index (χ0v) is 17.0. The maximum absolute atomic E-state index is 11.2. The number of hydrogen-bond donors (Lipinski definition) is 4. The summed E-state index contributed by atoms with van der Waals surface area (Å²) in [4.78, 5) is 16.5. The highest BCUT2D eigenvalue weighted by atomic mass is 32.2. The van der Waals surface area contributed by atoms with Crippen molar-refractivity contribution in [2.45, 2.75) is 56.2 Å². The molecule has 1 amide bonds. The molecule has 148 valence electrons. The second-order valence-electron chi connectivity index (χ2n) is 6.97. The van der Waals surface area contributed by atoms with Gasteiger partial charge in [-0.15, -0.1) is 0 Å². The quantitative estimate of drug-likeness (QED) is 0.246. The first kappa shape index (κ1) is 21.1. The third-order valence-electron chi connectivity index (χ3n) is 4.34. The fourth-order valence-corrected chi connectivity index (χ4v) is 3.47. The van der Waals surface area contributed by atoms with Crippen molar-refractivity contribution in [3.05, 3.63) is 36.2 Å². The first-order valence-electron chi connectivity index (χ1n) is 8.80. The Morgan fingerprint density at radius 3 is 2.78 bits per heavy atom. The summed E-state index contributed by atoms with van der Waals surface area (Å²) in [7, 11) is 1.69. The second-order valence-corrected chi connectivity index (χ2v) is 8.07. The van der Waals surface area contributed by atoms with E-state index < -0.39 is 5.54 Å². The molecule has 27 heavy (non-hydrogen) atoms. The second kappa shape index (κ2) is 9.14. The van der Waals surface area contributed by atoms with Crippen molar-refractivity contribution in [2.75, 3.05) is 12.4 Å². The van der Waals surface area contributed by atoms with Gasteiger partial charge in [0, 0.05) is 30.8 Å². The van der Waals surface area contributed by atoms with Crippen molar-refractivity contribution in [3.63, 3.8) is 0 Å². The fraction of sp³-hybridized carbons (Fsp3) is 0.474. The SMILES string of the molecule is CO[C@H]1CCC1N/C=C(\O)C(C)(C)N=C(N)Sc1cccc(NC(C)=O)c1. The van der Waals surface area contributed by atoms with Crippen LogP contribution in [0.3, 0.4) is 0 Å². The number of nitrogens with two attached hydrogens (primary N) is 1. The molecule has 0 bridgehead atoms. The number of carbonyl (C=O) groups is 1. The highest BCUT2D eigenvalue weighted by molar-refractivity contribution is 8.13. The van der Waals surface area contributed by atoms with Crippen LogP contribution in [0.1, 0.15) is 33.6 Å². The monoisotopic (exact) mass is 392 g/mol. The normalized spacial score (nSPS) is 20.7. The number of aliphatic hydroxyl groups excluding tert-OH is 1. The summed E-state index contributed by atoms with van der Waals surface area (Å²) in [6.45, 7) is 5.03. The van der Waals surface area contributed by atoms with E-state index in [1.54, 1.807) is 33.2 Å². The number of nitrogens with one attached hydrogen (secondary N) is 2. The number of benzene rings is 1. The van der Waals surface area contributed by atoms with E-state index in [0.29, 0.717) is 10.9 Å². The molecule has 1 aromatic rings. The smallest absolute Gasteiger partial charge is 0.221 e. The summed E-state index contributed by atoms with van der Waals surface area (Å²) in [6, 6.07) is 7.54. The van der Waals surface area contributed by atoms with E-state index in [4.69, 9.17) is 10.5 Å². The molecule has 1 aliphatic carbocycles. The molecule has 2 atom stereocenters. The van der Waals surface area contributed by atoms with Crippen molar-refractivity contribution < 1.29 is 14.6 Å². The summed E-state index contributed by atoms with van der Waals surface area (Å²) in [5.74, 6) is -0.0375. The molecule has 7 nitrogen and oxygen atoms in total. The van der Waals surface area contributed by atoms with Gasteiger partial charge in [-0.2, -0.15) is 0 Å². The molecule has 1 aromatic carbocycles. The number of hydrogen-bond acceptors (Lipinski definition) is 6. The van der Waals surface area contributed by atoms with E-state index in [9.17, 15) is 9.90 Å². The highest BCUT2D eigenvalue weighted by Crippen LogP contribution is 2.26. The Bertz CT molecular complexity index is 731. The molecule has 1 fully saturated rings. The van der Waals surface area contributed by atoms with Crippen LogP contribution in [0.4, 0.5) is 5.69 Å². The average molecular weight is 393 g/mol. The third-order valence-corrected chi connectivity index (χ3v) is 5.13. The van der Waals surface area contributed by atoms with Crippen molar-refractivity contribution >= 4 is 28.5 Å². The number of thioether (sulfide) groups is 1. The number of carbonyl (C=O) groups excluding carboxylic acids is 1. The van der Waals surface area contributed by atoms with Crippen LogP contribution in [0.25, 0.3) is 0 Å². The topological polar surface area (TPSA) is 109 Å². The van der Waals surface area contributed by atoms with E-state index >= 15 is 0 Å². The number of nitrogens with zero attached hydrogens (tertiary/aromatic N) is 1. The van der Waals surface area contributed by atoms with Crippen LogP contribution in [0.15, 0.2) is 46.1 Å². The van der Waals surface area contributed by atoms with Gasteiger partial charge in [0.15, 0.2) is 5.17 Å². The van der Waals surface area contributed by atoms with Gasteiger partial charge < -0.3 is 26.2 Å². The standard InChI is InChI=1S/C19H28N4O3S/c1-12(24)22-13-6-5-7-14(10-13)27-18(20)23-19(2,3)17(25)11-21-15-8-9-16(15)26-4/h5-7,10-11,15-16,21,25H,8-9H2,1-4H3,(H2,20,23)(H,22,24)/b17-11-/t15?,16-/m0/s1. The zero-order valence-electron chi connectivity index (χ0n) is 16.2. The summed E-state index contributed by atoms with van der Waals surface area (Å²) >= 11 is 1.27. The van der Waals surface area contributed by atoms with Gasteiger partial charge in [0.1, 0.15) is 11.3 Å². The Morgan fingerprint density at radius 1 is 1.44 bits per heavy atom. The van der Waals surface area contributed by atoms with Gasteiger partial charge in [0.25, 0.3) is 0 Å². The minimum absolute atomic E-state index is 0.0970. The van der Waals surface area contributed by atoms with E-state index in [2.05, 4.69) is 15.6 Å². The molecular weight excluding hydrogens is 364 g/mol. The fourth-order valence-electron chi connectivity index (χ4n) is 2.62.